The number of hydrogen-bond acceptors (Lipinski definition) is 5. The van der Waals surface area contributed by atoms with E-state index in [-0.39, 0.29) is 0 Å². The van der Waals surface area contributed by atoms with Gasteiger partial charge in [-0.25, -0.2) is 0 Å². The average Bonchev–Trinajstić information content (AvgIpc) is 2.67. The molecule has 0 radical (unpaired) electrons. The van der Waals surface area contributed by atoms with Gasteiger partial charge in [-0.1, -0.05) is 36.4 Å². The molecule has 140 valence electrons. The van der Waals surface area contributed by atoms with E-state index in [1.54, 1.807) is 0 Å². The molecule has 2 bridgehead atoms. The predicted molar refractivity (Wildman–Crippen MR) is 99.1 cm³/mol. The van der Waals surface area contributed by atoms with Crippen molar-refractivity contribution < 1.29 is 23.7 Å². The van der Waals surface area contributed by atoms with Gasteiger partial charge in [0, 0.05) is 12.0 Å². The second-order valence-corrected chi connectivity index (χ2v) is 5.93. The van der Waals surface area contributed by atoms with Gasteiger partial charge in [0.15, 0.2) is 0 Å². The third kappa shape index (κ3) is 6.02. The summed E-state index contributed by atoms with van der Waals surface area (Å²) in [6.07, 6.45) is 0.752. The fraction of sp³-hybridized carbons (Fsp3) is 0.429. The summed E-state index contributed by atoms with van der Waals surface area (Å²) in [6, 6.07) is 16.2. The molecule has 0 amide bonds. The van der Waals surface area contributed by atoms with Crippen LogP contribution in [-0.2, 0) is 20.6 Å². The lowest BCUT2D eigenvalue weighted by molar-refractivity contribution is 0.00420. The number of ether oxygens (including phenoxy) is 5. The van der Waals surface area contributed by atoms with E-state index < -0.39 is 0 Å². The minimum atomic E-state index is 0.494. The van der Waals surface area contributed by atoms with Crippen LogP contribution in [0, 0.1) is 0 Å². The SMILES string of the molecule is c1ccc(Cc2c3cccc2OCCOCCOCCOCCO3)cc1. The molecule has 26 heavy (non-hydrogen) atoms. The van der Waals surface area contributed by atoms with E-state index in [2.05, 4.69) is 12.1 Å². The van der Waals surface area contributed by atoms with Gasteiger partial charge in [-0.05, 0) is 17.7 Å². The molecule has 1 heterocycles. The fourth-order valence-corrected chi connectivity index (χ4v) is 2.75. The van der Waals surface area contributed by atoms with Crippen molar-refractivity contribution in [3.05, 3.63) is 59.7 Å². The molecule has 0 fully saturated rings. The summed E-state index contributed by atoms with van der Waals surface area (Å²) < 4.78 is 28.5. The van der Waals surface area contributed by atoms with Gasteiger partial charge in [-0.2, -0.15) is 0 Å². The predicted octanol–water partition coefficient (Wildman–Crippen LogP) is 3.10. The monoisotopic (exact) mass is 358 g/mol. The quantitative estimate of drug-likeness (QED) is 0.826. The Kier molecular flexibility index (Phi) is 7.78. The van der Waals surface area contributed by atoms with Gasteiger partial charge in [-0.15, -0.1) is 0 Å². The topological polar surface area (TPSA) is 46.2 Å². The molecule has 2 aromatic rings. The van der Waals surface area contributed by atoms with Crippen LogP contribution >= 0.6 is 0 Å². The molecule has 0 atom stereocenters. The molecule has 2 aromatic carbocycles. The van der Waals surface area contributed by atoms with Crippen molar-refractivity contribution in [2.75, 3.05) is 52.9 Å². The lowest BCUT2D eigenvalue weighted by Gasteiger charge is -2.17. The second-order valence-electron chi connectivity index (χ2n) is 5.93. The van der Waals surface area contributed by atoms with Crippen molar-refractivity contribution in [1.82, 2.24) is 0 Å². The van der Waals surface area contributed by atoms with E-state index in [0.717, 1.165) is 23.5 Å². The van der Waals surface area contributed by atoms with Crippen LogP contribution in [0.4, 0.5) is 0 Å². The van der Waals surface area contributed by atoms with E-state index in [0.29, 0.717) is 52.9 Å². The minimum absolute atomic E-state index is 0.494. The van der Waals surface area contributed by atoms with Gasteiger partial charge in [0.05, 0.1) is 39.6 Å². The number of rotatable bonds is 2. The Bertz CT molecular complexity index is 612. The molecule has 3 rings (SSSR count). The number of fused-ring (bicyclic) bond motifs is 2. The first kappa shape index (κ1) is 18.7. The zero-order valence-electron chi connectivity index (χ0n) is 15.0. The van der Waals surface area contributed by atoms with E-state index in [1.165, 1.54) is 5.56 Å². The lowest BCUT2D eigenvalue weighted by Crippen LogP contribution is -2.16. The van der Waals surface area contributed by atoms with E-state index >= 15 is 0 Å². The maximum atomic E-state index is 5.97. The normalized spacial score (nSPS) is 17.1. The Hall–Kier alpha value is -2.08. The molecule has 0 aliphatic carbocycles. The van der Waals surface area contributed by atoms with Crippen LogP contribution in [0.15, 0.2) is 48.5 Å². The molecule has 1 aliphatic heterocycles. The van der Waals surface area contributed by atoms with Gasteiger partial charge in [0.1, 0.15) is 24.7 Å². The van der Waals surface area contributed by atoms with Crippen molar-refractivity contribution in [2.45, 2.75) is 6.42 Å². The first-order valence-electron chi connectivity index (χ1n) is 9.08. The maximum Gasteiger partial charge on any atom is 0.126 e. The first-order valence-corrected chi connectivity index (χ1v) is 9.08. The van der Waals surface area contributed by atoms with Gasteiger partial charge in [0.25, 0.3) is 0 Å². The van der Waals surface area contributed by atoms with E-state index in [9.17, 15) is 0 Å². The van der Waals surface area contributed by atoms with Crippen LogP contribution in [-0.4, -0.2) is 52.9 Å². The molecule has 0 aromatic heterocycles. The molecule has 0 unspecified atom stereocenters. The van der Waals surface area contributed by atoms with Crippen LogP contribution in [0.5, 0.6) is 11.5 Å². The lowest BCUT2D eigenvalue weighted by atomic mass is 10.0. The van der Waals surface area contributed by atoms with Gasteiger partial charge < -0.3 is 23.7 Å². The van der Waals surface area contributed by atoms with Gasteiger partial charge in [-0.3, -0.25) is 0 Å². The molecule has 0 spiro atoms. The van der Waals surface area contributed by atoms with Gasteiger partial charge >= 0.3 is 0 Å². The average molecular weight is 358 g/mol. The van der Waals surface area contributed by atoms with Crippen LogP contribution in [0.2, 0.25) is 0 Å². The van der Waals surface area contributed by atoms with Crippen molar-refractivity contribution >= 4 is 0 Å². The van der Waals surface area contributed by atoms with E-state index in [1.807, 2.05) is 36.4 Å². The van der Waals surface area contributed by atoms with Crippen molar-refractivity contribution in [2.24, 2.45) is 0 Å². The Morgan fingerprint density at radius 1 is 0.538 bits per heavy atom. The van der Waals surface area contributed by atoms with E-state index in [4.69, 9.17) is 23.7 Å². The highest BCUT2D eigenvalue weighted by molar-refractivity contribution is 5.47. The minimum Gasteiger partial charge on any atom is -0.491 e. The van der Waals surface area contributed by atoms with Crippen molar-refractivity contribution in [3.63, 3.8) is 0 Å². The van der Waals surface area contributed by atoms with Crippen molar-refractivity contribution in [1.29, 1.82) is 0 Å². The zero-order chi connectivity index (χ0) is 17.9. The summed E-state index contributed by atoms with van der Waals surface area (Å²) in [7, 11) is 0. The molecule has 5 nitrogen and oxygen atoms in total. The van der Waals surface area contributed by atoms with Gasteiger partial charge in [0.2, 0.25) is 0 Å². The Morgan fingerprint density at radius 2 is 1.04 bits per heavy atom. The summed E-state index contributed by atoms with van der Waals surface area (Å²) in [6.45, 7) is 4.28. The van der Waals surface area contributed by atoms with Crippen LogP contribution in [0.3, 0.4) is 0 Å². The van der Waals surface area contributed by atoms with Crippen LogP contribution in [0.25, 0.3) is 0 Å². The maximum absolute atomic E-state index is 5.97. The Morgan fingerprint density at radius 3 is 1.58 bits per heavy atom. The molecule has 5 heteroatoms. The van der Waals surface area contributed by atoms with Crippen LogP contribution < -0.4 is 9.47 Å². The Labute approximate surface area is 154 Å². The highest BCUT2D eigenvalue weighted by Crippen LogP contribution is 2.31. The molecular formula is C21H26O5. The van der Waals surface area contributed by atoms with Crippen molar-refractivity contribution in [3.8, 4) is 11.5 Å². The third-order valence-corrected chi connectivity index (χ3v) is 4.03. The molecule has 0 saturated heterocycles. The van der Waals surface area contributed by atoms with Crippen LogP contribution in [0.1, 0.15) is 11.1 Å². The Balaban J connectivity index is 1.75. The largest absolute Gasteiger partial charge is 0.491 e. The fourth-order valence-electron chi connectivity index (χ4n) is 2.75. The summed E-state index contributed by atoms with van der Waals surface area (Å²) in [5.74, 6) is 1.67. The summed E-state index contributed by atoms with van der Waals surface area (Å²) in [4.78, 5) is 0. The number of hydrogen-bond donors (Lipinski definition) is 0. The summed E-state index contributed by atoms with van der Waals surface area (Å²) in [5.41, 5.74) is 2.27. The summed E-state index contributed by atoms with van der Waals surface area (Å²) in [5, 5.41) is 0. The highest BCUT2D eigenvalue weighted by Gasteiger charge is 2.12. The smallest absolute Gasteiger partial charge is 0.126 e. The molecule has 1 aliphatic rings. The molecular weight excluding hydrogens is 332 g/mol. The molecule has 0 N–H and O–H groups in total. The third-order valence-electron chi connectivity index (χ3n) is 4.03. The highest BCUT2D eigenvalue weighted by atomic mass is 16.6. The standard InChI is InChI=1S/C21H26O5/c1-2-5-18(6-3-1)17-19-20-7-4-8-21(19)26-16-14-24-12-10-22-9-11-23-13-15-25-20/h1-8H,9-17H2. The number of benzene rings is 2. The molecule has 0 saturated carbocycles. The second kappa shape index (κ2) is 10.8. The zero-order valence-corrected chi connectivity index (χ0v) is 15.0. The summed E-state index contributed by atoms with van der Waals surface area (Å²) >= 11 is 0. The first-order chi connectivity index (χ1) is 12.9.